The number of hydrogen-bond acceptors (Lipinski definition) is 4. The third-order valence-corrected chi connectivity index (χ3v) is 3.24. The summed E-state index contributed by atoms with van der Waals surface area (Å²) in [5.74, 6) is -1.10. The number of aromatic carboxylic acids is 1. The number of rotatable bonds is 6. The molecule has 1 amide bonds. The molecule has 0 spiro atoms. The highest BCUT2D eigenvalue weighted by molar-refractivity contribution is 7.80. The number of nitrogens with one attached hydrogen (secondary N) is 2. The number of amides is 1. The lowest BCUT2D eigenvalue weighted by atomic mass is 10.2. The zero-order valence-corrected chi connectivity index (χ0v) is 13.8. The van der Waals surface area contributed by atoms with Gasteiger partial charge in [0.1, 0.15) is 0 Å². The first-order valence-electron chi connectivity index (χ1n) is 6.60. The Morgan fingerprint density at radius 1 is 1.41 bits per heavy atom. The van der Waals surface area contributed by atoms with E-state index in [-0.39, 0.29) is 33.0 Å². The summed E-state index contributed by atoms with van der Waals surface area (Å²) in [4.78, 5) is 22.7. The van der Waals surface area contributed by atoms with Crippen LogP contribution in [0.25, 0.3) is 0 Å². The van der Waals surface area contributed by atoms with Gasteiger partial charge in [-0.1, -0.05) is 24.9 Å². The van der Waals surface area contributed by atoms with E-state index in [0.717, 1.165) is 12.8 Å². The van der Waals surface area contributed by atoms with Crippen LogP contribution in [0.1, 0.15) is 36.5 Å². The average molecular weight is 345 g/mol. The molecule has 3 N–H and O–H groups in total. The van der Waals surface area contributed by atoms with Crippen molar-refractivity contribution in [1.82, 2.24) is 5.32 Å². The highest BCUT2D eigenvalue weighted by Crippen LogP contribution is 2.34. The first-order chi connectivity index (χ1) is 10.4. The summed E-state index contributed by atoms with van der Waals surface area (Å²) >= 11 is 11.0. The molecule has 0 bridgehead atoms. The number of unbranched alkanes of at least 4 members (excludes halogenated alkanes) is 1. The quantitative estimate of drug-likeness (QED) is 0.687. The van der Waals surface area contributed by atoms with Crippen molar-refractivity contribution >= 4 is 46.5 Å². The highest BCUT2D eigenvalue weighted by atomic mass is 35.5. The maximum atomic E-state index is 11.6. The van der Waals surface area contributed by atoms with Crippen molar-refractivity contribution < 1.29 is 19.4 Å². The van der Waals surface area contributed by atoms with Crippen LogP contribution in [-0.4, -0.2) is 29.2 Å². The van der Waals surface area contributed by atoms with Gasteiger partial charge in [-0.2, -0.15) is 0 Å². The molecule has 0 saturated heterocycles. The number of carboxylic acid groups (broad SMARTS) is 1. The van der Waals surface area contributed by atoms with Gasteiger partial charge in [-0.15, -0.1) is 0 Å². The van der Waals surface area contributed by atoms with Gasteiger partial charge in [0, 0.05) is 6.42 Å². The second kappa shape index (κ2) is 8.55. The Morgan fingerprint density at radius 2 is 2.09 bits per heavy atom. The molecule has 0 atom stereocenters. The summed E-state index contributed by atoms with van der Waals surface area (Å²) in [6, 6.07) is 2.61. The second-order valence-corrected chi connectivity index (χ2v) is 5.27. The van der Waals surface area contributed by atoms with Crippen LogP contribution in [-0.2, 0) is 4.79 Å². The molecule has 0 fully saturated rings. The summed E-state index contributed by atoms with van der Waals surface area (Å²) < 4.78 is 5.12. The number of hydrogen-bond donors (Lipinski definition) is 3. The first-order valence-corrected chi connectivity index (χ1v) is 7.39. The van der Waals surface area contributed by atoms with Gasteiger partial charge in [-0.05, 0) is 30.8 Å². The molecule has 0 radical (unpaired) electrons. The van der Waals surface area contributed by atoms with Crippen LogP contribution in [0.5, 0.6) is 5.75 Å². The molecule has 0 saturated carbocycles. The van der Waals surface area contributed by atoms with E-state index in [1.54, 1.807) is 0 Å². The van der Waals surface area contributed by atoms with Gasteiger partial charge in [-0.25, -0.2) is 4.79 Å². The Balaban J connectivity index is 2.89. The Labute approximate surface area is 138 Å². The van der Waals surface area contributed by atoms with Crippen LogP contribution in [0.15, 0.2) is 12.1 Å². The van der Waals surface area contributed by atoms with Crippen LogP contribution in [0.4, 0.5) is 5.69 Å². The van der Waals surface area contributed by atoms with Crippen LogP contribution in [0, 0.1) is 0 Å². The van der Waals surface area contributed by atoms with Crippen molar-refractivity contribution in [2.75, 3.05) is 12.4 Å². The minimum Gasteiger partial charge on any atom is -0.493 e. The zero-order valence-electron chi connectivity index (χ0n) is 12.2. The van der Waals surface area contributed by atoms with Crippen LogP contribution in [0.2, 0.25) is 5.02 Å². The molecule has 1 aromatic rings. The van der Waals surface area contributed by atoms with E-state index < -0.39 is 5.97 Å². The second-order valence-electron chi connectivity index (χ2n) is 4.45. The first kappa shape index (κ1) is 18.2. The molecular weight excluding hydrogens is 328 g/mol. The topological polar surface area (TPSA) is 87.7 Å². The van der Waals surface area contributed by atoms with Crippen molar-refractivity contribution in [2.45, 2.75) is 26.2 Å². The fourth-order valence-corrected chi connectivity index (χ4v) is 2.22. The van der Waals surface area contributed by atoms with Crippen molar-refractivity contribution in [3.05, 3.63) is 22.7 Å². The Bertz CT molecular complexity index is 592. The molecule has 0 aliphatic heterocycles. The third-order valence-electron chi connectivity index (χ3n) is 2.75. The third kappa shape index (κ3) is 5.16. The summed E-state index contributed by atoms with van der Waals surface area (Å²) in [6.07, 6.45) is 2.03. The molecule has 0 heterocycles. The van der Waals surface area contributed by atoms with Crippen molar-refractivity contribution in [2.24, 2.45) is 0 Å². The van der Waals surface area contributed by atoms with Gasteiger partial charge < -0.3 is 20.5 Å². The van der Waals surface area contributed by atoms with Crippen LogP contribution in [0.3, 0.4) is 0 Å². The van der Waals surface area contributed by atoms with E-state index in [1.165, 1.54) is 19.2 Å². The molecule has 0 aliphatic rings. The van der Waals surface area contributed by atoms with E-state index in [9.17, 15) is 9.59 Å². The van der Waals surface area contributed by atoms with Gasteiger partial charge >= 0.3 is 5.97 Å². The fourth-order valence-electron chi connectivity index (χ4n) is 1.70. The lowest BCUT2D eigenvalue weighted by Crippen LogP contribution is -2.34. The molecule has 0 aliphatic carbocycles. The van der Waals surface area contributed by atoms with E-state index in [2.05, 4.69) is 10.6 Å². The minimum absolute atomic E-state index is 0.0200. The molecule has 0 unspecified atom stereocenters. The number of carbonyl (C=O) groups excluding carboxylic acids is 1. The maximum absolute atomic E-state index is 11.6. The summed E-state index contributed by atoms with van der Waals surface area (Å²) in [7, 11) is 1.40. The van der Waals surface area contributed by atoms with E-state index in [0.29, 0.717) is 6.42 Å². The van der Waals surface area contributed by atoms with Crippen molar-refractivity contribution in [3.8, 4) is 5.75 Å². The van der Waals surface area contributed by atoms with E-state index in [1.807, 2.05) is 6.92 Å². The van der Waals surface area contributed by atoms with Gasteiger partial charge in [0.15, 0.2) is 10.9 Å². The summed E-state index contributed by atoms with van der Waals surface area (Å²) in [5.41, 5.74) is 0.251. The van der Waals surface area contributed by atoms with Crippen LogP contribution < -0.4 is 15.4 Å². The molecule has 6 nitrogen and oxygen atoms in total. The molecule has 120 valence electrons. The van der Waals surface area contributed by atoms with Crippen molar-refractivity contribution in [3.63, 3.8) is 0 Å². The SMILES string of the molecule is CCCCC(=O)NC(=S)Nc1cc(C(=O)O)cc(Cl)c1OC. The normalized spacial score (nSPS) is 9.95. The highest BCUT2D eigenvalue weighted by Gasteiger charge is 2.15. The number of ether oxygens (including phenoxy) is 1. The monoisotopic (exact) mass is 344 g/mol. The number of carboxylic acids is 1. The fraction of sp³-hybridized carbons (Fsp3) is 0.357. The van der Waals surface area contributed by atoms with E-state index >= 15 is 0 Å². The number of methoxy groups -OCH3 is 1. The number of benzene rings is 1. The lowest BCUT2D eigenvalue weighted by Gasteiger charge is -2.14. The molecule has 22 heavy (non-hydrogen) atoms. The largest absolute Gasteiger partial charge is 0.493 e. The lowest BCUT2D eigenvalue weighted by molar-refractivity contribution is -0.119. The number of anilines is 1. The standard InChI is InChI=1S/C14H17ClN2O4S/c1-3-4-5-11(18)17-14(22)16-10-7-8(13(19)20)6-9(15)12(10)21-2/h6-7H,3-5H2,1-2H3,(H,19,20)(H2,16,17,18,22). The molecule has 0 aromatic heterocycles. The zero-order chi connectivity index (χ0) is 16.7. The molecule has 1 rings (SSSR count). The van der Waals surface area contributed by atoms with Crippen LogP contribution >= 0.6 is 23.8 Å². The molecular formula is C14H17ClN2O4S. The maximum Gasteiger partial charge on any atom is 0.335 e. The number of halogens is 1. The minimum atomic E-state index is -1.13. The van der Waals surface area contributed by atoms with Gasteiger partial charge in [0.05, 0.1) is 23.4 Å². The smallest absolute Gasteiger partial charge is 0.335 e. The Hall–Kier alpha value is -1.86. The Morgan fingerprint density at radius 3 is 2.64 bits per heavy atom. The Kier molecular flexibility index (Phi) is 7.07. The van der Waals surface area contributed by atoms with Gasteiger partial charge in [0.2, 0.25) is 5.91 Å². The predicted octanol–water partition coefficient (Wildman–Crippen LogP) is 3.05. The number of carbonyl (C=O) groups is 2. The summed E-state index contributed by atoms with van der Waals surface area (Å²) in [5, 5.41) is 14.5. The van der Waals surface area contributed by atoms with Gasteiger partial charge in [-0.3, -0.25) is 4.79 Å². The summed E-state index contributed by atoms with van der Waals surface area (Å²) in [6.45, 7) is 1.98. The predicted molar refractivity (Wildman–Crippen MR) is 88.9 cm³/mol. The number of thiocarbonyl (C=S) groups is 1. The average Bonchev–Trinajstić information content (AvgIpc) is 2.44. The molecule has 8 heteroatoms. The van der Waals surface area contributed by atoms with Crippen molar-refractivity contribution in [1.29, 1.82) is 0 Å². The molecule has 1 aromatic carbocycles. The van der Waals surface area contributed by atoms with Gasteiger partial charge in [0.25, 0.3) is 0 Å². The van der Waals surface area contributed by atoms with E-state index in [4.69, 9.17) is 33.7 Å².